The van der Waals surface area contributed by atoms with Crippen molar-refractivity contribution in [1.29, 1.82) is 0 Å². The third-order valence-electron chi connectivity index (χ3n) is 4.88. The van der Waals surface area contributed by atoms with Gasteiger partial charge in [-0.05, 0) is 44.1 Å². The Hall–Kier alpha value is -1.27. The monoisotopic (exact) mass is 343 g/mol. The molecule has 2 aromatic rings. The molecule has 24 heavy (non-hydrogen) atoms. The summed E-state index contributed by atoms with van der Waals surface area (Å²) in [6.45, 7) is 7.45. The maximum Gasteiger partial charge on any atom is 0.0967 e. The normalized spacial score (nSPS) is 22.9. The number of rotatable bonds is 5. The molecule has 2 aliphatic heterocycles. The summed E-state index contributed by atoms with van der Waals surface area (Å²) >= 11 is 1.97. The summed E-state index contributed by atoms with van der Waals surface area (Å²) in [5.74, 6) is 0. The van der Waals surface area contributed by atoms with Gasteiger partial charge in [-0.3, -0.25) is 14.8 Å². The van der Waals surface area contributed by atoms with Crippen LogP contribution in [0.1, 0.15) is 34.3 Å². The summed E-state index contributed by atoms with van der Waals surface area (Å²) in [7, 11) is 0. The molecule has 2 aromatic heterocycles. The van der Waals surface area contributed by atoms with Gasteiger partial charge in [0.05, 0.1) is 12.7 Å². The van der Waals surface area contributed by atoms with Crippen LogP contribution >= 0.6 is 11.3 Å². The highest BCUT2D eigenvalue weighted by molar-refractivity contribution is 7.11. The van der Waals surface area contributed by atoms with E-state index in [1.165, 1.54) is 41.2 Å². The summed E-state index contributed by atoms with van der Waals surface area (Å²) in [5.41, 5.74) is 1.18. The van der Waals surface area contributed by atoms with Crippen molar-refractivity contribution in [2.75, 3.05) is 32.8 Å². The second-order valence-corrected chi connectivity index (χ2v) is 7.99. The van der Waals surface area contributed by atoms with Crippen molar-refractivity contribution in [1.82, 2.24) is 14.8 Å². The Labute approximate surface area is 148 Å². The number of nitrogens with zero attached hydrogens (tertiary/aromatic N) is 3. The zero-order chi connectivity index (χ0) is 16.2. The quantitative estimate of drug-likeness (QED) is 0.833. The molecular formula is C19H25N3OS. The third-order valence-corrected chi connectivity index (χ3v) is 5.94. The number of hydrogen-bond donors (Lipinski definition) is 0. The molecule has 0 amide bonds. The first-order valence-corrected chi connectivity index (χ1v) is 9.72. The van der Waals surface area contributed by atoms with Crippen molar-refractivity contribution in [3.8, 4) is 0 Å². The van der Waals surface area contributed by atoms with E-state index < -0.39 is 0 Å². The fourth-order valence-corrected chi connectivity index (χ4v) is 4.69. The summed E-state index contributed by atoms with van der Waals surface area (Å²) in [6, 6.07) is 8.73. The maximum atomic E-state index is 5.94. The predicted octanol–water partition coefficient (Wildman–Crippen LogP) is 3.31. The zero-order valence-corrected chi connectivity index (χ0v) is 14.9. The lowest BCUT2D eigenvalue weighted by Crippen LogP contribution is -2.37. The molecule has 2 aliphatic rings. The Balaban J connectivity index is 1.34. The van der Waals surface area contributed by atoms with Crippen molar-refractivity contribution in [2.45, 2.75) is 32.0 Å². The Morgan fingerprint density at radius 3 is 2.58 bits per heavy atom. The van der Waals surface area contributed by atoms with E-state index in [0.29, 0.717) is 0 Å². The smallest absolute Gasteiger partial charge is 0.0967 e. The first-order valence-electron chi connectivity index (χ1n) is 8.91. The van der Waals surface area contributed by atoms with Gasteiger partial charge in [0.25, 0.3) is 0 Å². The van der Waals surface area contributed by atoms with Crippen molar-refractivity contribution in [3.05, 3.63) is 52.0 Å². The van der Waals surface area contributed by atoms with Gasteiger partial charge in [0.15, 0.2) is 0 Å². The van der Waals surface area contributed by atoms with Crippen molar-refractivity contribution < 1.29 is 4.74 Å². The van der Waals surface area contributed by atoms with Crippen LogP contribution in [0.5, 0.6) is 0 Å². The molecular weight excluding hydrogens is 318 g/mol. The van der Waals surface area contributed by atoms with Gasteiger partial charge < -0.3 is 4.74 Å². The lowest BCUT2D eigenvalue weighted by atomic mass is 10.1. The van der Waals surface area contributed by atoms with E-state index in [9.17, 15) is 0 Å². The molecule has 0 unspecified atom stereocenters. The van der Waals surface area contributed by atoms with E-state index in [1.807, 2.05) is 29.8 Å². The van der Waals surface area contributed by atoms with Gasteiger partial charge in [0.1, 0.15) is 0 Å². The fraction of sp³-hybridized carbons (Fsp3) is 0.526. The van der Waals surface area contributed by atoms with Crippen LogP contribution in [0.15, 0.2) is 36.7 Å². The van der Waals surface area contributed by atoms with Gasteiger partial charge >= 0.3 is 0 Å². The number of ether oxygens (including phenoxy) is 1. The molecule has 0 saturated carbocycles. The zero-order valence-electron chi connectivity index (χ0n) is 14.1. The summed E-state index contributed by atoms with van der Waals surface area (Å²) in [4.78, 5) is 12.3. The average Bonchev–Trinajstić information content (AvgIpc) is 3.29. The number of hydrogen-bond acceptors (Lipinski definition) is 5. The summed E-state index contributed by atoms with van der Waals surface area (Å²) in [6.07, 6.45) is 6.62. The number of likely N-dealkylation sites (tertiary alicyclic amines) is 1. The highest BCUT2D eigenvalue weighted by Gasteiger charge is 2.22. The van der Waals surface area contributed by atoms with Crippen molar-refractivity contribution in [3.63, 3.8) is 0 Å². The Bertz CT molecular complexity index is 639. The molecule has 128 valence electrons. The maximum absolute atomic E-state index is 5.94. The van der Waals surface area contributed by atoms with Crippen LogP contribution in [-0.2, 0) is 17.8 Å². The average molecular weight is 343 g/mol. The molecule has 0 radical (unpaired) electrons. The van der Waals surface area contributed by atoms with Gasteiger partial charge in [-0.1, -0.05) is 6.07 Å². The third kappa shape index (κ3) is 4.03. The molecule has 0 bridgehead atoms. The Morgan fingerprint density at radius 1 is 1.04 bits per heavy atom. The molecule has 2 fully saturated rings. The van der Waals surface area contributed by atoms with Gasteiger partial charge in [0.2, 0.25) is 0 Å². The number of aromatic nitrogens is 1. The van der Waals surface area contributed by atoms with E-state index >= 15 is 0 Å². The Morgan fingerprint density at radius 2 is 1.83 bits per heavy atom. The molecule has 0 aliphatic carbocycles. The number of pyridine rings is 1. The highest BCUT2D eigenvalue weighted by atomic mass is 32.1. The minimum Gasteiger partial charge on any atom is -0.371 e. The summed E-state index contributed by atoms with van der Waals surface area (Å²) < 4.78 is 5.94. The Kier molecular flexibility index (Phi) is 5.23. The molecule has 4 rings (SSSR count). The van der Waals surface area contributed by atoms with Crippen molar-refractivity contribution >= 4 is 11.3 Å². The first-order chi connectivity index (χ1) is 11.9. The second-order valence-electron chi connectivity index (χ2n) is 6.73. The fourth-order valence-electron chi connectivity index (χ4n) is 3.59. The summed E-state index contributed by atoms with van der Waals surface area (Å²) in [5, 5.41) is 0. The minimum absolute atomic E-state index is 0.150. The van der Waals surface area contributed by atoms with Crippen LogP contribution in [0.25, 0.3) is 0 Å². The minimum atomic E-state index is 0.150. The van der Waals surface area contributed by atoms with E-state index in [2.05, 4.69) is 33.0 Å². The topological polar surface area (TPSA) is 28.6 Å². The molecule has 4 heterocycles. The van der Waals surface area contributed by atoms with Gasteiger partial charge in [-0.25, -0.2) is 0 Å². The molecule has 0 N–H and O–H groups in total. The lowest BCUT2D eigenvalue weighted by Gasteiger charge is -2.32. The first kappa shape index (κ1) is 16.2. The van der Waals surface area contributed by atoms with Crippen LogP contribution in [0.3, 0.4) is 0 Å². The molecule has 0 aromatic carbocycles. The molecule has 4 nitrogen and oxygen atoms in total. The van der Waals surface area contributed by atoms with Crippen LogP contribution in [0.4, 0.5) is 0 Å². The van der Waals surface area contributed by atoms with Crippen LogP contribution in [0, 0.1) is 0 Å². The standard InChI is InChI=1S/C19H25N3OS/c1-2-9-21(8-1)13-17-5-6-18(24-17)14-22-10-11-23-19(15-22)16-4-3-7-20-12-16/h3-7,12,19H,1-2,8-11,13-15H2/t19-/m1/s1. The van der Waals surface area contributed by atoms with E-state index in [-0.39, 0.29) is 6.10 Å². The van der Waals surface area contributed by atoms with Crippen LogP contribution in [-0.4, -0.2) is 47.6 Å². The number of morpholine rings is 1. The molecule has 1 atom stereocenters. The number of thiophene rings is 1. The highest BCUT2D eigenvalue weighted by Crippen LogP contribution is 2.25. The van der Waals surface area contributed by atoms with Crippen molar-refractivity contribution in [2.24, 2.45) is 0 Å². The second kappa shape index (κ2) is 7.74. The molecule has 2 saturated heterocycles. The van der Waals surface area contributed by atoms with Crippen LogP contribution in [0.2, 0.25) is 0 Å². The van der Waals surface area contributed by atoms with Gasteiger partial charge in [0, 0.05) is 53.9 Å². The van der Waals surface area contributed by atoms with E-state index in [0.717, 1.165) is 32.8 Å². The van der Waals surface area contributed by atoms with Gasteiger partial charge in [-0.2, -0.15) is 0 Å². The van der Waals surface area contributed by atoms with E-state index in [4.69, 9.17) is 4.74 Å². The predicted molar refractivity (Wildman–Crippen MR) is 97.0 cm³/mol. The van der Waals surface area contributed by atoms with Gasteiger partial charge in [-0.15, -0.1) is 11.3 Å². The van der Waals surface area contributed by atoms with E-state index in [1.54, 1.807) is 0 Å². The van der Waals surface area contributed by atoms with Crippen LogP contribution < -0.4 is 0 Å². The lowest BCUT2D eigenvalue weighted by molar-refractivity contribution is -0.0327. The SMILES string of the molecule is c1cncc([C@H]2CN(Cc3ccc(CN4CCCC4)s3)CCO2)c1. The molecule has 0 spiro atoms. The molecule has 5 heteroatoms. The largest absolute Gasteiger partial charge is 0.371 e.